The van der Waals surface area contributed by atoms with Crippen molar-refractivity contribution in [3.63, 3.8) is 0 Å². The predicted molar refractivity (Wildman–Crippen MR) is 75.9 cm³/mol. The lowest BCUT2D eigenvalue weighted by Gasteiger charge is -2.10. The number of aryl methyl sites for hydroxylation is 3. The number of benzene rings is 1. The third kappa shape index (κ3) is 1.88. The summed E-state index contributed by atoms with van der Waals surface area (Å²) in [7, 11) is 0. The molecular weight excluding hydrogens is 260 g/mol. The Kier molecular flexibility index (Phi) is 2.75. The van der Waals surface area contributed by atoms with Crippen LogP contribution in [0.5, 0.6) is 0 Å². The maximum Gasteiger partial charge on any atom is 0.183 e. The van der Waals surface area contributed by atoms with Crippen molar-refractivity contribution in [2.45, 2.75) is 20.8 Å². The van der Waals surface area contributed by atoms with Crippen molar-refractivity contribution >= 4 is 22.8 Å². The van der Waals surface area contributed by atoms with E-state index in [1.165, 1.54) is 0 Å². The van der Waals surface area contributed by atoms with Crippen LogP contribution in [0.4, 0.5) is 0 Å². The van der Waals surface area contributed by atoms with E-state index >= 15 is 0 Å². The smallest absolute Gasteiger partial charge is 0.183 e. The van der Waals surface area contributed by atoms with Crippen molar-refractivity contribution < 1.29 is 0 Å². The fourth-order valence-electron chi connectivity index (χ4n) is 2.26. The Hall–Kier alpha value is -1.94. The van der Waals surface area contributed by atoms with E-state index in [0.29, 0.717) is 16.6 Å². The molecule has 2 aromatic heterocycles. The van der Waals surface area contributed by atoms with Gasteiger partial charge in [0.2, 0.25) is 0 Å². The van der Waals surface area contributed by atoms with Gasteiger partial charge >= 0.3 is 0 Å². The van der Waals surface area contributed by atoms with Gasteiger partial charge in [-0.15, -0.1) is 0 Å². The highest BCUT2D eigenvalue weighted by atomic mass is 35.5. The SMILES string of the molecule is Cc1nc(Cl)c2c(n1)nc(C)n2-c1ccccc1C. The molecule has 0 bridgehead atoms. The lowest BCUT2D eigenvalue weighted by atomic mass is 10.2. The number of nitrogens with zero attached hydrogens (tertiary/aromatic N) is 4. The maximum atomic E-state index is 6.27. The van der Waals surface area contributed by atoms with Crippen LogP contribution in [0.25, 0.3) is 16.9 Å². The second kappa shape index (κ2) is 4.31. The molecule has 0 aliphatic heterocycles. The lowest BCUT2D eigenvalue weighted by Crippen LogP contribution is -2.00. The number of rotatable bonds is 1. The first kappa shape index (κ1) is 12.1. The molecule has 0 aliphatic rings. The molecule has 4 nitrogen and oxygen atoms in total. The van der Waals surface area contributed by atoms with E-state index in [1.807, 2.05) is 36.6 Å². The molecule has 0 N–H and O–H groups in total. The first-order valence-corrected chi connectivity index (χ1v) is 6.41. The molecule has 2 heterocycles. The zero-order chi connectivity index (χ0) is 13.6. The van der Waals surface area contributed by atoms with Crippen molar-refractivity contribution in [2.75, 3.05) is 0 Å². The summed E-state index contributed by atoms with van der Waals surface area (Å²) in [4.78, 5) is 13.0. The Morgan fingerprint density at radius 3 is 2.47 bits per heavy atom. The predicted octanol–water partition coefficient (Wildman–Crippen LogP) is 3.39. The van der Waals surface area contributed by atoms with Gasteiger partial charge in [-0.1, -0.05) is 29.8 Å². The summed E-state index contributed by atoms with van der Waals surface area (Å²) in [5.74, 6) is 1.48. The molecule has 3 rings (SSSR count). The molecule has 5 heteroatoms. The summed E-state index contributed by atoms with van der Waals surface area (Å²) >= 11 is 6.27. The molecule has 96 valence electrons. The number of hydrogen-bond donors (Lipinski definition) is 0. The van der Waals surface area contributed by atoms with E-state index in [0.717, 1.165) is 22.6 Å². The molecule has 0 spiro atoms. The molecule has 0 atom stereocenters. The minimum atomic E-state index is 0.436. The Balaban J connectivity index is 2.42. The number of fused-ring (bicyclic) bond motifs is 1. The zero-order valence-corrected chi connectivity index (χ0v) is 11.7. The van der Waals surface area contributed by atoms with Gasteiger partial charge in [-0.05, 0) is 32.4 Å². The molecule has 0 aliphatic carbocycles. The van der Waals surface area contributed by atoms with E-state index in [2.05, 4.69) is 27.9 Å². The standard InChI is InChI=1S/C14H13ClN4/c1-8-6-4-5-7-11(8)19-10(3)18-14-12(19)13(15)16-9(2)17-14/h4-7H,1-3H3. The van der Waals surface area contributed by atoms with Gasteiger partial charge in [0, 0.05) is 0 Å². The second-order valence-corrected chi connectivity index (χ2v) is 4.87. The Morgan fingerprint density at radius 2 is 1.74 bits per heavy atom. The van der Waals surface area contributed by atoms with Gasteiger partial charge in [0.15, 0.2) is 10.8 Å². The van der Waals surface area contributed by atoms with Crippen molar-refractivity contribution in [1.29, 1.82) is 0 Å². The number of imidazole rings is 1. The molecule has 0 radical (unpaired) electrons. The number of hydrogen-bond acceptors (Lipinski definition) is 3. The number of aromatic nitrogens is 4. The first-order valence-electron chi connectivity index (χ1n) is 6.03. The van der Waals surface area contributed by atoms with Crippen molar-refractivity contribution in [3.8, 4) is 5.69 Å². The van der Waals surface area contributed by atoms with Crippen LogP contribution >= 0.6 is 11.6 Å². The molecule has 19 heavy (non-hydrogen) atoms. The summed E-state index contributed by atoms with van der Waals surface area (Å²) in [6.07, 6.45) is 0. The number of halogens is 1. The Morgan fingerprint density at radius 1 is 1.00 bits per heavy atom. The summed E-state index contributed by atoms with van der Waals surface area (Å²) in [6, 6.07) is 8.11. The summed E-state index contributed by atoms with van der Waals surface area (Å²) < 4.78 is 2.01. The summed E-state index contributed by atoms with van der Waals surface area (Å²) in [5, 5.41) is 0.436. The van der Waals surface area contributed by atoms with Gasteiger partial charge < -0.3 is 0 Å². The Labute approximate surface area is 116 Å². The fourth-order valence-corrected chi connectivity index (χ4v) is 2.55. The van der Waals surface area contributed by atoms with Gasteiger partial charge in [0.1, 0.15) is 17.2 Å². The van der Waals surface area contributed by atoms with Crippen LogP contribution in [0, 0.1) is 20.8 Å². The van der Waals surface area contributed by atoms with Crippen LogP contribution in [0.15, 0.2) is 24.3 Å². The zero-order valence-electron chi connectivity index (χ0n) is 11.0. The van der Waals surface area contributed by atoms with Crippen molar-refractivity contribution in [2.24, 2.45) is 0 Å². The highest BCUT2D eigenvalue weighted by Gasteiger charge is 2.16. The summed E-state index contributed by atoms with van der Waals surface area (Å²) in [5.41, 5.74) is 3.61. The van der Waals surface area contributed by atoms with E-state index in [9.17, 15) is 0 Å². The van der Waals surface area contributed by atoms with Gasteiger partial charge in [0.05, 0.1) is 5.69 Å². The molecule has 3 aromatic rings. The van der Waals surface area contributed by atoms with Gasteiger partial charge in [0.25, 0.3) is 0 Å². The fraction of sp³-hybridized carbons (Fsp3) is 0.214. The second-order valence-electron chi connectivity index (χ2n) is 4.51. The molecule has 0 amide bonds. The maximum absolute atomic E-state index is 6.27. The highest BCUT2D eigenvalue weighted by molar-refractivity contribution is 6.33. The first-order chi connectivity index (χ1) is 9.08. The minimum absolute atomic E-state index is 0.436. The largest absolute Gasteiger partial charge is 0.292 e. The molecule has 0 unspecified atom stereocenters. The summed E-state index contributed by atoms with van der Waals surface area (Å²) in [6.45, 7) is 5.82. The number of para-hydroxylation sites is 1. The quantitative estimate of drug-likeness (QED) is 0.638. The van der Waals surface area contributed by atoms with Crippen LogP contribution in [-0.4, -0.2) is 19.5 Å². The van der Waals surface area contributed by atoms with E-state index in [1.54, 1.807) is 0 Å². The van der Waals surface area contributed by atoms with E-state index in [-0.39, 0.29) is 0 Å². The monoisotopic (exact) mass is 272 g/mol. The molecule has 0 saturated heterocycles. The minimum Gasteiger partial charge on any atom is -0.292 e. The molecular formula is C14H13ClN4. The van der Waals surface area contributed by atoms with Crippen molar-refractivity contribution in [1.82, 2.24) is 19.5 Å². The van der Waals surface area contributed by atoms with Crippen molar-refractivity contribution in [3.05, 3.63) is 46.6 Å². The van der Waals surface area contributed by atoms with Crippen LogP contribution in [0.2, 0.25) is 5.15 Å². The van der Waals surface area contributed by atoms with E-state index in [4.69, 9.17) is 11.6 Å². The topological polar surface area (TPSA) is 43.6 Å². The third-order valence-electron chi connectivity index (χ3n) is 3.11. The van der Waals surface area contributed by atoms with Gasteiger partial charge in [-0.2, -0.15) is 0 Å². The normalized spacial score (nSPS) is 11.2. The van der Waals surface area contributed by atoms with Crippen LogP contribution in [-0.2, 0) is 0 Å². The molecule has 0 fully saturated rings. The van der Waals surface area contributed by atoms with Gasteiger partial charge in [-0.3, -0.25) is 4.57 Å². The third-order valence-corrected chi connectivity index (χ3v) is 3.37. The van der Waals surface area contributed by atoms with Crippen LogP contribution in [0.3, 0.4) is 0 Å². The average molecular weight is 273 g/mol. The highest BCUT2D eigenvalue weighted by Crippen LogP contribution is 2.26. The Bertz CT molecular complexity index is 776. The molecule has 1 aromatic carbocycles. The van der Waals surface area contributed by atoms with Gasteiger partial charge in [-0.25, -0.2) is 15.0 Å². The van der Waals surface area contributed by atoms with E-state index < -0.39 is 0 Å². The molecule has 0 saturated carbocycles. The van der Waals surface area contributed by atoms with Crippen LogP contribution in [0.1, 0.15) is 17.2 Å². The van der Waals surface area contributed by atoms with Crippen LogP contribution < -0.4 is 0 Å². The average Bonchev–Trinajstić information content (AvgIpc) is 2.66. The lowest BCUT2D eigenvalue weighted by molar-refractivity contribution is 0.988.